The molecule has 1 unspecified atom stereocenters. The normalized spacial score (nSPS) is 13.1. The van der Waals surface area contributed by atoms with E-state index in [1.54, 1.807) is 6.92 Å². The van der Waals surface area contributed by atoms with E-state index in [4.69, 9.17) is 4.74 Å². The first-order valence-corrected chi connectivity index (χ1v) is 4.47. The average Bonchev–Trinajstić information content (AvgIpc) is 2.01. The first-order valence-electron chi connectivity index (χ1n) is 4.47. The van der Waals surface area contributed by atoms with E-state index >= 15 is 0 Å². The molecule has 1 N–H and O–H groups in total. The number of aromatic nitrogens is 2. The van der Waals surface area contributed by atoms with Crippen molar-refractivity contribution in [2.75, 3.05) is 0 Å². The molecule has 78 valence electrons. The van der Waals surface area contributed by atoms with Gasteiger partial charge in [-0.1, -0.05) is 0 Å². The largest absolute Gasteiger partial charge is 0.356 e. The molecule has 1 heterocycles. The molecule has 0 aliphatic carbocycles. The molecule has 14 heavy (non-hydrogen) atoms. The fourth-order valence-electron chi connectivity index (χ4n) is 1.17. The maximum Gasteiger partial charge on any atom is 0.330 e. The van der Waals surface area contributed by atoms with Crippen LogP contribution < -0.4 is 11.2 Å². The first-order chi connectivity index (χ1) is 6.50. The van der Waals surface area contributed by atoms with Gasteiger partial charge in [-0.15, -0.1) is 0 Å². The number of hydrogen-bond acceptors (Lipinski definition) is 3. The van der Waals surface area contributed by atoms with Crippen LogP contribution in [-0.2, 0) is 4.74 Å². The van der Waals surface area contributed by atoms with E-state index in [0.29, 0.717) is 0 Å². The summed E-state index contributed by atoms with van der Waals surface area (Å²) in [5.74, 6) is 0. The molecule has 0 saturated carbocycles. The minimum absolute atomic E-state index is 0.0313. The van der Waals surface area contributed by atoms with Crippen molar-refractivity contribution in [2.45, 2.75) is 33.1 Å². The van der Waals surface area contributed by atoms with Crippen molar-refractivity contribution in [3.63, 3.8) is 0 Å². The zero-order valence-electron chi connectivity index (χ0n) is 8.48. The molecule has 5 nitrogen and oxygen atoms in total. The second-order valence-electron chi connectivity index (χ2n) is 3.30. The Bertz CT molecular complexity index is 405. The zero-order chi connectivity index (χ0) is 10.7. The third kappa shape index (κ3) is 2.56. The molecule has 0 aromatic carbocycles. The lowest BCUT2D eigenvalue weighted by atomic mass is 10.4. The Labute approximate surface area is 81.3 Å². The number of rotatable bonds is 3. The number of aromatic amines is 1. The Morgan fingerprint density at radius 2 is 2.00 bits per heavy atom. The fourth-order valence-corrected chi connectivity index (χ4v) is 1.17. The molecule has 0 amide bonds. The summed E-state index contributed by atoms with van der Waals surface area (Å²) in [6, 6.07) is 1.29. The van der Waals surface area contributed by atoms with Gasteiger partial charge in [0.25, 0.3) is 5.56 Å². The van der Waals surface area contributed by atoms with E-state index < -0.39 is 11.2 Å². The predicted molar refractivity (Wildman–Crippen MR) is 52.3 cm³/mol. The lowest BCUT2D eigenvalue weighted by Gasteiger charge is -2.17. The molecule has 0 spiro atoms. The molecule has 0 fully saturated rings. The summed E-state index contributed by atoms with van der Waals surface area (Å²) in [7, 11) is 0. The van der Waals surface area contributed by atoms with Crippen LogP contribution in [0.4, 0.5) is 0 Å². The lowest BCUT2D eigenvalue weighted by Crippen LogP contribution is -2.32. The first kappa shape index (κ1) is 10.7. The van der Waals surface area contributed by atoms with Gasteiger partial charge in [0.05, 0.1) is 6.10 Å². The molecule has 0 aliphatic rings. The third-order valence-electron chi connectivity index (χ3n) is 1.71. The third-order valence-corrected chi connectivity index (χ3v) is 1.71. The summed E-state index contributed by atoms with van der Waals surface area (Å²) in [4.78, 5) is 24.2. The Kier molecular flexibility index (Phi) is 3.24. The number of hydrogen-bond donors (Lipinski definition) is 1. The van der Waals surface area contributed by atoms with Gasteiger partial charge in [-0.05, 0) is 20.8 Å². The highest BCUT2D eigenvalue weighted by Gasteiger charge is 2.08. The zero-order valence-corrected chi connectivity index (χ0v) is 8.48. The highest BCUT2D eigenvalue weighted by molar-refractivity contribution is 4.83. The Hall–Kier alpha value is -1.36. The molecule has 0 radical (unpaired) electrons. The molecule has 1 aromatic rings. The van der Waals surface area contributed by atoms with Crippen molar-refractivity contribution in [2.24, 2.45) is 0 Å². The lowest BCUT2D eigenvalue weighted by molar-refractivity contribution is -0.0276. The van der Waals surface area contributed by atoms with E-state index in [0.717, 1.165) is 0 Å². The molecular weight excluding hydrogens is 184 g/mol. The fraction of sp³-hybridized carbons (Fsp3) is 0.556. The molecule has 0 bridgehead atoms. The summed E-state index contributed by atoms with van der Waals surface area (Å²) < 4.78 is 6.73. The summed E-state index contributed by atoms with van der Waals surface area (Å²) >= 11 is 0. The van der Waals surface area contributed by atoms with Gasteiger partial charge in [-0.25, -0.2) is 4.79 Å². The van der Waals surface area contributed by atoms with Crippen LogP contribution in [-0.4, -0.2) is 15.7 Å². The number of ether oxygens (including phenoxy) is 1. The van der Waals surface area contributed by atoms with Crippen LogP contribution in [0.1, 0.15) is 27.0 Å². The maximum atomic E-state index is 11.3. The highest BCUT2D eigenvalue weighted by Crippen LogP contribution is 2.05. The van der Waals surface area contributed by atoms with E-state index in [1.807, 2.05) is 13.8 Å². The van der Waals surface area contributed by atoms with Gasteiger partial charge >= 0.3 is 5.69 Å². The van der Waals surface area contributed by atoms with Gasteiger partial charge in [0.15, 0.2) is 0 Å². The number of nitrogens with one attached hydrogen (secondary N) is 1. The van der Waals surface area contributed by atoms with Gasteiger partial charge < -0.3 is 4.74 Å². The average molecular weight is 198 g/mol. The van der Waals surface area contributed by atoms with Gasteiger partial charge in [0, 0.05) is 12.3 Å². The quantitative estimate of drug-likeness (QED) is 0.768. The van der Waals surface area contributed by atoms with Crippen LogP contribution >= 0.6 is 0 Å². The molecular formula is C9H14N2O3. The smallest absolute Gasteiger partial charge is 0.330 e. The summed E-state index contributed by atoms with van der Waals surface area (Å²) in [6.45, 7) is 5.51. The van der Waals surface area contributed by atoms with Crippen molar-refractivity contribution < 1.29 is 4.74 Å². The van der Waals surface area contributed by atoms with Gasteiger partial charge in [-0.3, -0.25) is 14.3 Å². The molecule has 5 heteroatoms. The second kappa shape index (κ2) is 4.23. The predicted octanol–water partition coefficient (Wildman–Crippen LogP) is 0.480. The van der Waals surface area contributed by atoms with Crippen LogP contribution in [0.3, 0.4) is 0 Å². The Morgan fingerprint density at radius 3 is 2.50 bits per heavy atom. The second-order valence-corrected chi connectivity index (χ2v) is 3.30. The van der Waals surface area contributed by atoms with Gasteiger partial charge in [-0.2, -0.15) is 0 Å². The standard InChI is InChI=1S/C9H14N2O3/c1-6(2)14-7(3)11-5-4-8(12)10-9(11)13/h4-7H,1-3H3,(H,10,12,13). The van der Waals surface area contributed by atoms with Gasteiger partial charge in [0.1, 0.15) is 6.23 Å². The minimum atomic E-state index is -0.453. The van der Waals surface area contributed by atoms with Crippen LogP contribution in [0.2, 0.25) is 0 Å². The molecule has 0 aliphatic heterocycles. The monoisotopic (exact) mass is 198 g/mol. The van der Waals surface area contributed by atoms with Crippen LogP contribution in [0.15, 0.2) is 21.9 Å². The van der Waals surface area contributed by atoms with Crippen molar-refractivity contribution in [3.05, 3.63) is 33.1 Å². The van der Waals surface area contributed by atoms with Crippen molar-refractivity contribution >= 4 is 0 Å². The highest BCUT2D eigenvalue weighted by atomic mass is 16.5. The van der Waals surface area contributed by atoms with Crippen LogP contribution in [0.25, 0.3) is 0 Å². The molecule has 1 atom stereocenters. The van der Waals surface area contributed by atoms with E-state index in [9.17, 15) is 9.59 Å². The summed E-state index contributed by atoms with van der Waals surface area (Å²) in [6.07, 6.45) is 1.08. The van der Waals surface area contributed by atoms with Crippen molar-refractivity contribution in [1.29, 1.82) is 0 Å². The maximum absolute atomic E-state index is 11.3. The van der Waals surface area contributed by atoms with E-state index in [1.165, 1.54) is 16.8 Å². The Balaban J connectivity index is 2.96. The van der Waals surface area contributed by atoms with Crippen molar-refractivity contribution in [1.82, 2.24) is 9.55 Å². The molecule has 1 aromatic heterocycles. The summed E-state index contributed by atoms with van der Waals surface area (Å²) in [5, 5.41) is 0. The minimum Gasteiger partial charge on any atom is -0.356 e. The Morgan fingerprint density at radius 1 is 1.36 bits per heavy atom. The number of nitrogens with zero attached hydrogens (tertiary/aromatic N) is 1. The van der Waals surface area contributed by atoms with Crippen molar-refractivity contribution in [3.8, 4) is 0 Å². The van der Waals surface area contributed by atoms with Gasteiger partial charge in [0.2, 0.25) is 0 Å². The molecule has 0 saturated heterocycles. The van der Waals surface area contributed by atoms with E-state index in [-0.39, 0.29) is 12.3 Å². The molecule has 1 rings (SSSR count). The topological polar surface area (TPSA) is 64.1 Å². The van der Waals surface area contributed by atoms with Crippen LogP contribution in [0, 0.1) is 0 Å². The number of H-pyrrole nitrogens is 1. The SMILES string of the molecule is CC(C)OC(C)n1ccc(=O)[nH]c1=O. The van der Waals surface area contributed by atoms with E-state index in [2.05, 4.69) is 4.98 Å². The van der Waals surface area contributed by atoms with Crippen LogP contribution in [0.5, 0.6) is 0 Å². The summed E-state index contributed by atoms with van der Waals surface area (Å²) in [5.41, 5.74) is -0.853.